The van der Waals surface area contributed by atoms with E-state index < -0.39 is 0 Å². The first-order chi connectivity index (χ1) is 12.0. The molecule has 0 saturated heterocycles. The van der Waals surface area contributed by atoms with Crippen molar-refractivity contribution in [2.45, 2.75) is 13.0 Å². The van der Waals surface area contributed by atoms with Crippen molar-refractivity contribution < 1.29 is 18.7 Å². The number of carbonyl (C=O) groups excluding carboxylic acids is 1. The molecule has 0 aliphatic heterocycles. The summed E-state index contributed by atoms with van der Waals surface area (Å²) in [6.07, 6.45) is 0. The van der Waals surface area contributed by atoms with Crippen molar-refractivity contribution >= 4 is 16.9 Å². The fraction of sp³-hybridized carbons (Fsp3) is 0.250. The van der Waals surface area contributed by atoms with Gasteiger partial charge in [-0.1, -0.05) is 18.2 Å². The van der Waals surface area contributed by atoms with Crippen molar-refractivity contribution in [2.75, 3.05) is 21.3 Å². The molecule has 0 saturated carbocycles. The Kier molecular flexibility index (Phi) is 4.65. The molecule has 1 aromatic heterocycles. The summed E-state index contributed by atoms with van der Waals surface area (Å²) in [6.45, 7) is 1.94. The highest BCUT2D eigenvalue weighted by molar-refractivity contribution is 5.95. The van der Waals surface area contributed by atoms with Gasteiger partial charge in [0.1, 0.15) is 22.8 Å². The second-order valence-electron chi connectivity index (χ2n) is 5.88. The molecule has 3 aromatic rings. The first-order valence-corrected chi connectivity index (χ1v) is 8.02. The van der Waals surface area contributed by atoms with Gasteiger partial charge in [0, 0.05) is 24.1 Å². The van der Waals surface area contributed by atoms with Crippen LogP contribution in [0.2, 0.25) is 0 Å². The van der Waals surface area contributed by atoms with Crippen LogP contribution in [0.25, 0.3) is 11.0 Å². The lowest BCUT2D eigenvalue weighted by molar-refractivity contribution is 0.0727. The van der Waals surface area contributed by atoms with E-state index in [1.54, 1.807) is 44.4 Å². The van der Waals surface area contributed by atoms with E-state index in [-0.39, 0.29) is 11.9 Å². The summed E-state index contributed by atoms with van der Waals surface area (Å²) in [4.78, 5) is 14.5. The molecule has 0 radical (unpaired) electrons. The van der Waals surface area contributed by atoms with Crippen LogP contribution in [-0.2, 0) is 0 Å². The van der Waals surface area contributed by atoms with Gasteiger partial charge < -0.3 is 18.8 Å². The Bertz CT molecular complexity index is 844. The molecule has 0 fully saturated rings. The van der Waals surface area contributed by atoms with Crippen LogP contribution in [0.15, 0.2) is 52.9 Å². The Hall–Kier alpha value is -2.95. The normalized spacial score (nSPS) is 12.0. The quantitative estimate of drug-likeness (QED) is 0.696. The molecule has 0 aliphatic rings. The predicted octanol–water partition coefficient (Wildman–Crippen LogP) is 4.28. The van der Waals surface area contributed by atoms with Gasteiger partial charge >= 0.3 is 0 Å². The number of rotatable bonds is 5. The van der Waals surface area contributed by atoms with Gasteiger partial charge in [-0.3, -0.25) is 4.79 Å². The molecule has 25 heavy (non-hydrogen) atoms. The first-order valence-electron chi connectivity index (χ1n) is 8.02. The topological polar surface area (TPSA) is 51.9 Å². The fourth-order valence-corrected chi connectivity index (χ4v) is 2.71. The molecule has 5 nitrogen and oxygen atoms in total. The number of ether oxygens (including phenoxy) is 2. The number of methoxy groups -OCH3 is 2. The number of hydrogen-bond donors (Lipinski definition) is 0. The van der Waals surface area contributed by atoms with E-state index >= 15 is 0 Å². The Morgan fingerprint density at radius 2 is 1.68 bits per heavy atom. The summed E-state index contributed by atoms with van der Waals surface area (Å²) < 4.78 is 16.4. The standard InChI is InChI=1S/C20H21NO4/c1-13(19-11-14-7-5-6-8-18(14)25-19)21(2)20(22)15-9-16(23-3)12-17(10-15)24-4/h5-13H,1-4H3. The lowest BCUT2D eigenvalue weighted by Gasteiger charge is -2.23. The van der Waals surface area contributed by atoms with E-state index in [2.05, 4.69) is 0 Å². The van der Waals surface area contributed by atoms with Crippen LogP contribution in [-0.4, -0.2) is 32.1 Å². The summed E-state index contributed by atoms with van der Waals surface area (Å²) in [7, 11) is 4.87. The molecule has 0 N–H and O–H groups in total. The van der Waals surface area contributed by atoms with E-state index in [9.17, 15) is 4.79 Å². The molecule has 0 aliphatic carbocycles. The first kappa shape index (κ1) is 16.9. The molecule has 5 heteroatoms. The van der Waals surface area contributed by atoms with Crippen molar-refractivity contribution in [3.8, 4) is 11.5 Å². The minimum Gasteiger partial charge on any atom is -0.497 e. The molecular formula is C20H21NO4. The van der Waals surface area contributed by atoms with Crippen LogP contribution in [0.3, 0.4) is 0 Å². The van der Waals surface area contributed by atoms with E-state index in [0.717, 1.165) is 16.7 Å². The molecule has 3 rings (SSSR count). The Labute approximate surface area is 146 Å². The number of furan rings is 1. The molecule has 1 unspecified atom stereocenters. The molecule has 1 atom stereocenters. The average Bonchev–Trinajstić information content (AvgIpc) is 3.09. The Morgan fingerprint density at radius 3 is 2.28 bits per heavy atom. The van der Waals surface area contributed by atoms with Gasteiger partial charge in [0.25, 0.3) is 5.91 Å². The van der Waals surface area contributed by atoms with Crippen LogP contribution in [0.4, 0.5) is 0 Å². The van der Waals surface area contributed by atoms with Gasteiger partial charge in [0.05, 0.1) is 20.3 Å². The van der Waals surface area contributed by atoms with Crippen molar-refractivity contribution in [1.29, 1.82) is 0 Å². The zero-order valence-corrected chi connectivity index (χ0v) is 14.8. The largest absolute Gasteiger partial charge is 0.497 e. The van der Waals surface area contributed by atoms with E-state index in [0.29, 0.717) is 17.1 Å². The molecule has 0 bridgehead atoms. The van der Waals surface area contributed by atoms with Crippen LogP contribution in [0.5, 0.6) is 11.5 Å². The van der Waals surface area contributed by atoms with Crippen molar-refractivity contribution in [3.05, 3.63) is 59.9 Å². The molecule has 1 heterocycles. The fourth-order valence-electron chi connectivity index (χ4n) is 2.71. The monoisotopic (exact) mass is 339 g/mol. The highest BCUT2D eigenvalue weighted by Gasteiger charge is 2.23. The summed E-state index contributed by atoms with van der Waals surface area (Å²) in [5.74, 6) is 1.76. The van der Waals surface area contributed by atoms with Gasteiger partial charge in [-0.25, -0.2) is 0 Å². The SMILES string of the molecule is COc1cc(OC)cc(C(=O)N(C)C(C)c2cc3ccccc3o2)c1. The summed E-state index contributed by atoms with van der Waals surface area (Å²) in [5.41, 5.74) is 1.31. The minimum absolute atomic E-state index is 0.134. The smallest absolute Gasteiger partial charge is 0.254 e. The van der Waals surface area contributed by atoms with Crippen LogP contribution in [0.1, 0.15) is 29.1 Å². The molecule has 1 amide bonds. The maximum absolute atomic E-state index is 12.9. The number of para-hydroxylation sites is 1. The van der Waals surface area contributed by atoms with Crippen LogP contribution >= 0.6 is 0 Å². The summed E-state index contributed by atoms with van der Waals surface area (Å²) in [6, 6.07) is 14.7. The van der Waals surface area contributed by atoms with E-state index in [1.165, 1.54) is 0 Å². The maximum Gasteiger partial charge on any atom is 0.254 e. The molecule has 2 aromatic carbocycles. The number of fused-ring (bicyclic) bond motifs is 1. The zero-order valence-electron chi connectivity index (χ0n) is 14.8. The number of amides is 1. The van der Waals surface area contributed by atoms with Gasteiger partial charge in [-0.15, -0.1) is 0 Å². The third-order valence-electron chi connectivity index (χ3n) is 4.36. The number of carbonyl (C=O) groups is 1. The third-order valence-corrected chi connectivity index (χ3v) is 4.36. The Morgan fingerprint density at radius 1 is 1.04 bits per heavy atom. The Balaban J connectivity index is 1.88. The van der Waals surface area contributed by atoms with Gasteiger partial charge in [0.15, 0.2) is 0 Å². The second kappa shape index (κ2) is 6.89. The predicted molar refractivity (Wildman–Crippen MR) is 96.3 cm³/mol. The van der Waals surface area contributed by atoms with Crippen LogP contribution < -0.4 is 9.47 Å². The highest BCUT2D eigenvalue weighted by atomic mass is 16.5. The third kappa shape index (κ3) is 3.31. The van der Waals surface area contributed by atoms with Crippen LogP contribution in [0, 0.1) is 0 Å². The number of hydrogen-bond acceptors (Lipinski definition) is 4. The maximum atomic E-state index is 12.9. The number of nitrogens with zero attached hydrogens (tertiary/aromatic N) is 1. The highest BCUT2D eigenvalue weighted by Crippen LogP contribution is 2.29. The summed E-state index contributed by atoms with van der Waals surface area (Å²) in [5, 5.41) is 1.02. The molecular weight excluding hydrogens is 318 g/mol. The van der Waals surface area contributed by atoms with Gasteiger partial charge in [-0.2, -0.15) is 0 Å². The summed E-state index contributed by atoms with van der Waals surface area (Å²) >= 11 is 0. The van der Waals surface area contributed by atoms with Crippen molar-refractivity contribution in [1.82, 2.24) is 4.90 Å². The second-order valence-corrected chi connectivity index (χ2v) is 5.88. The molecule has 0 spiro atoms. The zero-order chi connectivity index (χ0) is 18.0. The number of benzene rings is 2. The average molecular weight is 339 g/mol. The van der Waals surface area contributed by atoms with Crippen molar-refractivity contribution in [2.24, 2.45) is 0 Å². The van der Waals surface area contributed by atoms with Crippen molar-refractivity contribution in [3.63, 3.8) is 0 Å². The van der Waals surface area contributed by atoms with E-state index in [4.69, 9.17) is 13.9 Å². The lowest BCUT2D eigenvalue weighted by Crippen LogP contribution is -2.29. The van der Waals surface area contributed by atoms with Gasteiger partial charge in [0.2, 0.25) is 0 Å². The minimum atomic E-state index is -0.211. The van der Waals surface area contributed by atoms with Gasteiger partial charge in [-0.05, 0) is 31.2 Å². The molecule has 130 valence electrons. The lowest BCUT2D eigenvalue weighted by atomic mass is 10.1. The van der Waals surface area contributed by atoms with E-state index in [1.807, 2.05) is 37.3 Å².